The van der Waals surface area contributed by atoms with Crippen molar-refractivity contribution in [2.75, 3.05) is 5.32 Å². The van der Waals surface area contributed by atoms with Gasteiger partial charge in [0.15, 0.2) is 0 Å². The van der Waals surface area contributed by atoms with Crippen LogP contribution in [0.15, 0.2) is 24.3 Å². The summed E-state index contributed by atoms with van der Waals surface area (Å²) >= 11 is 0. The van der Waals surface area contributed by atoms with Gasteiger partial charge in [0.05, 0.1) is 6.04 Å². The lowest BCUT2D eigenvalue weighted by Gasteiger charge is -2.14. The monoisotopic (exact) mass is 206 g/mol. The number of hydrogen-bond acceptors (Lipinski definition) is 2. The van der Waals surface area contributed by atoms with Gasteiger partial charge in [-0.1, -0.05) is 32.0 Å². The molecule has 0 fully saturated rings. The van der Waals surface area contributed by atoms with E-state index in [2.05, 4.69) is 19.2 Å². The van der Waals surface area contributed by atoms with Crippen LogP contribution in [0.1, 0.15) is 32.3 Å². The summed E-state index contributed by atoms with van der Waals surface area (Å²) in [6.07, 6.45) is 0. The first kappa shape index (κ1) is 11.7. The smallest absolute Gasteiger partial charge is 0.241 e. The maximum Gasteiger partial charge on any atom is 0.241 e. The van der Waals surface area contributed by atoms with Gasteiger partial charge in [0, 0.05) is 5.69 Å². The van der Waals surface area contributed by atoms with Crippen molar-refractivity contribution in [1.29, 1.82) is 0 Å². The highest BCUT2D eigenvalue weighted by Gasteiger charge is 2.11. The Balaban J connectivity index is 2.89. The van der Waals surface area contributed by atoms with Crippen LogP contribution < -0.4 is 11.1 Å². The second-order valence-corrected chi connectivity index (χ2v) is 4.02. The molecule has 0 aromatic heterocycles. The van der Waals surface area contributed by atoms with Crippen LogP contribution in [-0.2, 0) is 4.79 Å². The molecule has 1 aromatic rings. The Hall–Kier alpha value is -1.35. The van der Waals surface area contributed by atoms with Gasteiger partial charge in [0.1, 0.15) is 0 Å². The number of anilines is 1. The van der Waals surface area contributed by atoms with Crippen molar-refractivity contribution in [2.24, 2.45) is 5.73 Å². The number of nitrogens with two attached hydrogens (primary N) is 1. The normalized spacial score (nSPS) is 12.6. The lowest BCUT2D eigenvalue weighted by molar-refractivity contribution is -0.117. The number of nitrogens with one attached hydrogen (secondary N) is 1. The molecule has 3 N–H and O–H groups in total. The molecule has 0 aliphatic rings. The number of hydrogen-bond donors (Lipinski definition) is 2. The Morgan fingerprint density at radius 3 is 2.40 bits per heavy atom. The van der Waals surface area contributed by atoms with Crippen molar-refractivity contribution in [3.63, 3.8) is 0 Å². The van der Waals surface area contributed by atoms with E-state index in [1.165, 1.54) is 0 Å². The highest BCUT2D eigenvalue weighted by atomic mass is 16.2. The van der Waals surface area contributed by atoms with Crippen LogP contribution in [0.4, 0.5) is 5.69 Å². The molecule has 1 amide bonds. The van der Waals surface area contributed by atoms with E-state index >= 15 is 0 Å². The van der Waals surface area contributed by atoms with Gasteiger partial charge in [-0.25, -0.2) is 0 Å². The third-order valence-corrected chi connectivity index (χ3v) is 2.25. The molecular formula is C12H18N2O. The number of rotatable bonds is 3. The van der Waals surface area contributed by atoms with Gasteiger partial charge < -0.3 is 11.1 Å². The van der Waals surface area contributed by atoms with Crippen LogP contribution in [0.3, 0.4) is 0 Å². The van der Waals surface area contributed by atoms with Crippen molar-refractivity contribution in [3.05, 3.63) is 29.8 Å². The average molecular weight is 206 g/mol. The molecule has 1 rings (SSSR count). The van der Waals surface area contributed by atoms with Crippen molar-refractivity contribution in [3.8, 4) is 0 Å². The fraction of sp³-hybridized carbons (Fsp3) is 0.417. The van der Waals surface area contributed by atoms with E-state index in [1.807, 2.05) is 24.3 Å². The zero-order valence-corrected chi connectivity index (χ0v) is 9.45. The molecule has 0 spiro atoms. The Morgan fingerprint density at radius 2 is 1.87 bits per heavy atom. The van der Waals surface area contributed by atoms with Gasteiger partial charge in [0.2, 0.25) is 5.91 Å². The average Bonchev–Trinajstić information content (AvgIpc) is 2.18. The summed E-state index contributed by atoms with van der Waals surface area (Å²) in [5.41, 5.74) is 7.49. The minimum absolute atomic E-state index is 0.150. The van der Waals surface area contributed by atoms with Crippen molar-refractivity contribution >= 4 is 11.6 Å². The molecule has 15 heavy (non-hydrogen) atoms. The molecule has 0 bridgehead atoms. The fourth-order valence-corrected chi connectivity index (χ4v) is 1.36. The van der Waals surface area contributed by atoms with E-state index in [0.29, 0.717) is 5.92 Å². The zero-order chi connectivity index (χ0) is 11.4. The summed E-state index contributed by atoms with van der Waals surface area (Å²) in [5, 5.41) is 2.83. The largest absolute Gasteiger partial charge is 0.324 e. The predicted octanol–water partition coefficient (Wildman–Crippen LogP) is 2.10. The van der Waals surface area contributed by atoms with Crippen LogP contribution in [0, 0.1) is 0 Å². The molecule has 0 aliphatic carbocycles. The molecule has 0 saturated carbocycles. The third-order valence-electron chi connectivity index (χ3n) is 2.25. The molecule has 0 aliphatic heterocycles. The van der Waals surface area contributed by atoms with Crippen LogP contribution >= 0.6 is 0 Å². The van der Waals surface area contributed by atoms with Crippen LogP contribution in [0.25, 0.3) is 0 Å². The Morgan fingerprint density at radius 1 is 1.27 bits per heavy atom. The van der Waals surface area contributed by atoms with Crippen LogP contribution in [0.5, 0.6) is 0 Å². The maximum atomic E-state index is 11.5. The van der Waals surface area contributed by atoms with E-state index in [0.717, 1.165) is 11.3 Å². The summed E-state index contributed by atoms with van der Waals surface area (Å²) in [7, 11) is 0. The number of benzene rings is 1. The first-order chi connectivity index (χ1) is 7.02. The number of para-hydroxylation sites is 1. The molecular weight excluding hydrogens is 188 g/mol. The van der Waals surface area contributed by atoms with Gasteiger partial charge in [-0.2, -0.15) is 0 Å². The van der Waals surface area contributed by atoms with Crippen molar-refractivity contribution < 1.29 is 4.79 Å². The second kappa shape index (κ2) is 4.94. The quantitative estimate of drug-likeness (QED) is 0.795. The van der Waals surface area contributed by atoms with Crippen molar-refractivity contribution in [1.82, 2.24) is 0 Å². The van der Waals surface area contributed by atoms with Crippen molar-refractivity contribution in [2.45, 2.75) is 32.7 Å². The summed E-state index contributed by atoms with van der Waals surface area (Å²) < 4.78 is 0. The molecule has 0 radical (unpaired) electrons. The van der Waals surface area contributed by atoms with E-state index in [9.17, 15) is 4.79 Å². The van der Waals surface area contributed by atoms with E-state index in [4.69, 9.17) is 5.73 Å². The summed E-state index contributed by atoms with van der Waals surface area (Å²) in [5.74, 6) is 0.234. The summed E-state index contributed by atoms with van der Waals surface area (Å²) in [6.45, 7) is 5.86. The van der Waals surface area contributed by atoms with Gasteiger partial charge in [-0.05, 0) is 24.5 Å². The first-order valence-corrected chi connectivity index (χ1v) is 5.17. The van der Waals surface area contributed by atoms with Crippen LogP contribution in [0.2, 0.25) is 0 Å². The molecule has 1 aromatic carbocycles. The summed E-state index contributed by atoms with van der Waals surface area (Å²) in [4.78, 5) is 11.5. The molecule has 3 nitrogen and oxygen atoms in total. The van der Waals surface area contributed by atoms with E-state index < -0.39 is 6.04 Å². The Labute approximate surface area is 90.7 Å². The van der Waals surface area contributed by atoms with Gasteiger partial charge >= 0.3 is 0 Å². The van der Waals surface area contributed by atoms with E-state index in [1.54, 1.807) is 6.92 Å². The highest BCUT2D eigenvalue weighted by Crippen LogP contribution is 2.23. The van der Waals surface area contributed by atoms with Gasteiger partial charge in [-0.15, -0.1) is 0 Å². The zero-order valence-electron chi connectivity index (χ0n) is 9.45. The number of amides is 1. The second-order valence-electron chi connectivity index (χ2n) is 4.02. The topological polar surface area (TPSA) is 55.1 Å². The van der Waals surface area contributed by atoms with Crippen LogP contribution in [-0.4, -0.2) is 11.9 Å². The molecule has 82 valence electrons. The minimum atomic E-state index is -0.481. The number of carbonyl (C=O) groups excluding carboxylic acids is 1. The molecule has 0 saturated heterocycles. The maximum absolute atomic E-state index is 11.5. The molecule has 0 heterocycles. The molecule has 0 unspecified atom stereocenters. The lowest BCUT2D eigenvalue weighted by Crippen LogP contribution is -2.32. The summed E-state index contributed by atoms with van der Waals surface area (Å²) in [6, 6.07) is 7.31. The molecule has 3 heteroatoms. The standard InChI is InChI=1S/C12H18N2O/c1-8(2)10-6-4-5-7-11(10)14-12(15)9(3)13/h4-9H,13H2,1-3H3,(H,14,15)/t9-/m0/s1. The highest BCUT2D eigenvalue weighted by molar-refractivity contribution is 5.95. The lowest BCUT2D eigenvalue weighted by atomic mass is 10.0. The first-order valence-electron chi connectivity index (χ1n) is 5.17. The minimum Gasteiger partial charge on any atom is -0.324 e. The third kappa shape index (κ3) is 3.06. The predicted molar refractivity (Wildman–Crippen MR) is 62.8 cm³/mol. The molecule has 1 atom stereocenters. The van der Waals surface area contributed by atoms with Gasteiger partial charge in [0.25, 0.3) is 0 Å². The van der Waals surface area contributed by atoms with Gasteiger partial charge in [-0.3, -0.25) is 4.79 Å². The Bertz CT molecular complexity index is 345. The SMILES string of the molecule is CC(C)c1ccccc1NC(=O)[C@H](C)N. The Kier molecular flexibility index (Phi) is 3.86. The number of carbonyl (C=O) groups is 1. The van der Waals surface area contributed by atoms with E-state index in [-0.39, 0.29) is 5.91 Å². The fourth-order valence-electron chi connectivity index (χ4n) is 1.36.